The molecule has 0 aliphatic rings. The standard InChI is InChI=1S/C16H21N3O2/c1-2-19(11-14-9-6-10-21-14)12-15(16(20)18-17)13-7-4-3-5-8-13/h3-10,15H,2,11-12,17H2,1H3,(H,18,20). The van der Waals surface area contributed by atoms with Gasteiger partial charge in [0.15, 0.2) is 0 Å². The molecule has 0 fully saturated rings. The van der Waals surface area contributed by atoms with E-state index in [2.05, 4.69) is 17.2 Å². The summed E-state index contributed by atoms with van der Waals surface area (Å²) >= 11 is 0. The fourth-order valence-electron chi connectivity index (χ4n) is 2.31. The second-order valence-corrected chi connectivity index (χ2v) is 4.88. The van der Waals surface area contributed by atoms with Crippen molar-refractivity contribution in [3.05, 3.63) is 60.1 Å². The molecule has 2 aromatic rings. The Morgan fingerprint density at radius 2 is 2.05 bits per heavy atom. The van der Waals surface area contributed by atoms with E-state index in [1.54, 1.807) is 6.26 Å². The summed E-state index contributed by atoms with van der Waals surface area (Å²) in [4.78, 5) is 14.2. The van der Waals surface area contributed by atoms with Crippen LogP contribution in [0, 0.1) is 0 Å². The van der Waals surface area contributed by atoms with Gasteiger partial charge in [-0.1, -0.05) is 37.3 Å². The summed E-state index contributed by atoms with van der Waals surface area (Å²) in [5, 5.41) is 0. The molecule has 1 amide bonds. The fourth-order valence-corrected chi connectivity index (χ4v) is 2.31. The lowest BCUT2D eigenvalue weighted by Crippen LogP contribution is -2.40. The van der Waals surface area contributed by atoms with Crippen LogP contribution in [-0.2, 0) is 11.3 Å². The topological polar surface area (TPSA) is 71.5 Å². The number of rotatable bonds is 7. The van der Waals surface area contributed by atoms with Crippen molar-refractivity contribution < 1.29 is 9.21 Å². The van der Waals surface area contributed by atoms with Crippen LogP contribution in [0.15, 0.2) is 53.1 Å². The molecular weight excluding hydrogens is 266 g/mol. The van der Waals surface area contributed by atoms with Gasteiger partial charge in [0.2, 0.25) is 5.91 Å². The maximum absolute atomic E-state index is 12.1. The highest BCUT2D eigenvalue weighted by molar-refractivity contribution is 5.83. The largest absolute Gasteiger partial charge is 0.468 e. The third-order valence-corrected chi connectivity index (χ3v) is 3.51. The second kappa shape index (κ2) is 7.61. The van der Waals surface area contributed by atoms with Gasteiger partial charge in [-0.05, 0) is 24.2 Å². The number of benzene rings is 1. The summed E-state index contributed by atoms with van der Waals surface area (Å²) in [6.45, 7) is 4.14. The fraction of sp³-hybridized carbons (Fsp3) is 0.312. The summed E-state index contributed by atoms with van der Waals surface area (Å²) < 4.78 is 5.37. The van der Waals surface area contributed by atoms with Crippen LogP contribution in [-0.4, -0.2) is 23.9 Å². The van der Waals surface area contributed by atoms with Crippen molar-refractivity contribution in [2.24, 2.45) is 5.84 Å². The molecule has 1 aromatic heterocycles. The minimum absolute atomic E-state index is 0.181. The van der Waals surface area contributed by atoms with Crippen LogP contribution >= 0.6 is 0 Å². The van der Waals surface area contributed by atoms with E-state index in [4.69, 9.17) is 10.3 Å². The van der Waals surface area contributed by atoms with Gasteiger partial charge in [0.25, 0.3) is 0 Å². The summed E-state index contributed by atoms with van der Waals surface area (Å²) in [6.07, 6.45) is 1.66. The van der Waals surface area contributed by atoms with Crippen molar-refractivity contribution in [3.8, 4) is 0 Å². The minimum Gasteiger partial charge on any atom is -0.468 e. The molecule has 0 saturated heterocycles. The van der Waals surface area contributed by atoms with Crippen LogP contribution in [0.5, 0.6) is 0 Å². The Morgan fingerprint density at radius 1 is 1.29 bits per heavy atom. The number of amides is 1. The highest BCUT2D eigenvalue weighted by atomic mass is 16.3. The number of carbonyl (C=O) groups excluding carboxylic acids is 1. The quantitative estimate of drug-likeness (QED) is 0.463. The lowest BCUT2D eigenvalue weighted by molar-refractivity contribution is -0.123. The smallest absolute Gasteiger partial charge is 0.242 e. The molecule has 112 valence electrons. The van der Waals surface area contributed by atoms with E-state index in [-0.39, 0.29) is 11.8 Å². The van der Waals surface area contributed by atoms with Gasteiger partial charge < -0.3 is 4.42 Å². The maximum atomic E-state index is 12.1. The predicted molar refractivity (Wildman–Crippen MR) is 81.2 cm³/mol. The summed E-state index contributed by atoms with van der Waals surface area (Å²) in [7, 11) is 0. The van der Waals surface area contributed by atoms with Crippen molar-refractivity contribution >= 4 is 5.91 Å². The van der Waals surface area contributed by atoms with E-state index in [9.17, 15) is 4.79 Å². The first-order valence-corrected chi connectivity index (χ1v) is 7.04. The SMILES string of the molecule is CCN(Cc1ccco1)CC(C(=O)NN)c1ccccc1. The van der Waals surface area contributed by atoms with Gasteiger partial charge in [0, 0.05) is 6.54 Å². The van der Waals surface area contributed by atoms with E-state index < -0.39 is 0 Å². The molecule has 1 aromatic carbocycles. The summed E-state index contributed by atoms with van der Waals surface area (Å²) in [5.41, 5.74) is 3.22. The first-order chi connectivity index (χ1) is 10.2. The number of nitrogens with one attached hydrogen (secondary N) is 1. The van der Waals surface area contributed by atoms with Crippen LogP contribution in [0.3, 0.4) is 0 Å². The molecule has 0 aliphatic carbocycles. The lowest BCUT2D eigenvalue weighted by Gasteiger charge is -2.25. The van der Waals surface area contributed by atoms with Gasteiger partial charge in [-0.2, -0.15) is 0 Å². The molecule has 1 unspecified atom stereocenters. The molecule has 2 rings (SSSR count). The van der Waals surface area contributed by atoms with E-state index in [0.717, 1.165) is 17.9 Å². The third-order valence-electron chi connectivity index (χ3n) is 3.51. The van der Waals surface area contributed by atoms with Crippen molar-refractivity contribution in [1.29, 1.82) is 0 Å². The molecule has 0 radical (unpaired) electrons. The van der Waals surface area contributed by atoms with Crippen LogP contribution in [0.1, 0.15) is 24.2 Å². The number of hydrogen-bond donors (Lipinski definition) is 2. The molecule has 21 heavy (non-hydrogen) atoms. The van der Waals surface area contributed by atoms with Crippen LogP contribution in [0.25, 0.3) is 0 Å². The van der Waals surface area contributed by atoms with Crippen LogP contribution in [0.4, 0.5) is 0 Å². The van der Waals surface area contributed by atoms with Gasteiger partial charge in [-0.25, -0.2) is 5.84 Å². The Morgan fingerprint density at radius 3 is 2.62 bits per heavy atom. The molecule has 5 heteroatoms. The van der Waals surface area contributed by atoms with E-state index in [1.165, 1.54) is 0 Å². The maximum Gasteiger partial charge on any atom is 0.242 e. The van der Waals surface area contributed by atoms with Crippen molar-refractivity contribution in [2.75, 3.05) is 13.1 Å². The van der Waals surface area contributed by atoms with E-state index in [1.807, 2.05) is 42.5 Å². The Labute approximate surface area is 124 Å². The Hall–Kier alpha value is -2.11. The van der Waals surface area contributed by atoms with Gasteiger partial charge in [0.05, 0.1) is 18.7 Å². The molecule has 1 atom stereocenters. The molecule has 0 saturated carbocycles. The molecule has 5 nitrogen and oxygen atoms in total. The normalized spacial score (nSPS) is 12.3. The van der Waals surface area contributed by atoms with Crippen molar-refractivity contribution in [1.82, 2.24) is 10.3 Å². The number of furan rings is 1. The monoisotopic (exact) mass is 287 g/mol. The van der Waals surface area contributed by atoms with E-state index in [0.29, 0.717) is 13.1 Å². The number of carbonyl (C=O) groups is 1. The van der Waals surface area contributed by atoms with Crippen molar-refractivity contribution in [3.63, 3.8) is 0 Å². The second-order valence-electron chi connectivity index (χ2n) is 4.88. The number of hydrogen-bond acceptors (Lipinski definition) is 4. The summed E-state index contributed by atoms with van der Waals surface area (Å²) in [6, 6.07) is 13.5. The lowest BCUT2D eigenvalue weighted by atomic mass is 9.97. The van der Waals surface area contributed by atoms with Gasteiger partial charge >= 0.3 is 0 Å². The van der Waals surface area contributed by atoms with Crippen molar-refractivity contribution in [2.45, 2.75) is 19.4 Å². The Kier molecular flexibility index (Phi) is 5.54. The first-order valence-electron chi connectivity index (χ1n) is 7.04. The first kappa shape index (κ1) is 15.3. The van der Waals surface area contributed by atoms with Gasteiger partial charge in [-0.15, -0.1) is 0 Å². The molecule has 3 N–H and O–H groups in total. The molecule has 0 aliphatic heterocycles. The third kappa shape index (κ3) is 4.18. The average Bonchev–Trinajstić information content (AvgIpc) is 3.04. The average molecular weight is 287 g/mol. The molecular formula is C16H21N3O2. The number of nitrogens with two attached hydrogens (primary N) is 1. The Balaban J connectivity index is 2.11. The zero-order chi connectivity index (χ0) is 15.1. The van der Waals surface area contributed by atoms with E-state index >= 15 is 0 Å². The number of likely N-dealkylation sites (N-methyl/N-ethyl adjacent to an activating group) is 1. The number of hydrazine groups is 1. The molecule has 0 bridgehead atoms. The molecule has 0 spiro atoms. The summed E-state index contributed by atoms with van der Waals surface area (Å²) in [5.74, 6) is 5.73. The van der Waals surface area contributed by atoms with Crippen LogP contribution < -0.4 is 11.3 Å². The highest BCUT2D eigenvalue weighted by Gasteiger charge is 2.22. The van der Waals surface area contributed by atoms with Gasteiger partial charge in [-0.3, -0.25) is 15.1 Å². The predicted octanol–water partition coefficient (Wildman–Crippen LogP) is 1.88. The Bertz CT molecular complexity index is 540. The minimum atomic E-state index is -0.300. The zero-order valence-corrected chi connectivity index (χ0v) is 12.2. The highest BCUT2D eigenvalue weighted by Crippen LogP contribution is 2.18. The zero-order valence-electron chi connectivity index (χ0n) is 12.2. The van der Waals surface area contributed by atoms with Crippen LogP contribution in [0.2, 0.25) is 0 Å². The van der Waals surface area contributed by atoms with Gasteiger partial charge in [0.1, 0.15) is 5.76 Å². The number of nitrogens with zero attached hydrogens (tertiary/aromatic N) is 1. The molecule has 1 heterocycles.